The Labute approximate surface area is 143 Å². The fourth-order valence-electron chi connectivity index (χ4n) is 3.48. The van der Waals surface area contributed by atoms with Crippen LogP contribution in [0.3, 0.4) is 0 Å². The van der Waals surface area contributed by atoms with Crippen molar-refractivity contribution in [2.75, 3.05) is 0 Å². The van der Waals surface area contributed by atoms with Gasteiger partial charge in [0.05, 0.1) is 11.1 Å². The molecule has 0 amide bonds. The maximum atomic E-state index is 14.5. The van der Waals surface area contributed by atoms with Gasteiger partial charge in [-0.05, 0) is 43.4 Å². The van der Waals surface area contributed by atoms with Crippen LogP contribution in [-0.2, 0) is 6.42 Å². The Balaban J connectivity index is 2.34. The van der Waals surface area contributed by atoms with E-state index >= 15 is 0 Å². The third kappa shape index (κ3) is 2.83. The molecule has 0 radical (unpaired) electrons. The lowest BCUT2D eigenvalue weighted by atomic mass is 9.91. The summed E-state index contributed by atoms with van der Waals surface area (Å²) >= 11 is 0. The topological polar surface area (TPSA) is 39.1 Å². The predicted molar refractivity (Wildman–Crippen MR) is 101 cm³/mol. The van der Waals surface area contributed by atoms with Gasteiger partial charge < -0.3 is 4.57 Å². The van der Waals surface area contributed by atoms with Crippen molar-refractivity contribution >= 4 is 32.4 Å². The molecule has 1 saturated carbocycles. The fraction of sp³-hybridized carbons (Fsp3) is 0.444. The molecule has 0 N–H and O–H groups in total. The summed E-state index contributed by atoms with van der Waals surface area (Å²) in [7, 11) is 3.93. The Hall–Kier alpha value is -1.84. The molecule has 0 saturated heterocycles. The number of pyridine rings is 1. The molecule has 0 atom stereocenters. The van der Waals surface area contributed by atoms with Crippen molar-refractivity contribution < 1.29 is 9.18 Å². The summed E-state index contributed by atoms with van der Waals surface area (Å²) in [5, 5.41) is 0.346. The number of rotatable bonds is 6. The van der Waals surface area contributed by atoms with E-state index in [1.165, 1.54) is 6.07 Å². The van der Waals surface area contributed by atoms with Gasteiger partial charge in [0.1, 0.15) is 21.5 Å². The fourth-order valence-corrected chi connectivity index (χ4v) is 3.48. The van der Waals surface area contributed by atoms with Crippen LogP contribution in [0.25, 0.3) is 10.9 Å². The van der Waals surface area contributed by atoms with Crippen molar-refractivity contribution in [2.45, 2.75) is 51.3 Å². The lowest BCUT2D eigenvalue weighted by molar-refractivity contribution is 0.0987. The summed E-state index contributed by atoms with van der Waals surface area (Å²) in [6, 6.07) is 1.66. The molecule has 1 heterocycles. The number of benzene rings is 1. The quantitative estimate of drug-likeness (QED) is 0.602. The number of carbonyl (C=O) groups is 1. The van der Waals surface area contributed by atoms with Crippen molar-refractivity contribution in [3.05, 3.63) is 45.0 Å². The van der Waals surface area contributed by atoms with Crippen LogP contribution in [0.2, 0.25) is 12.6 Å². The number of aryl methyl sites for hydroxylation is 1. The van der Waals surface area contributed by atoms with Crippen LogP contribution in [-0.4, -0.2) is 26.0 Å². The number of Topliss-reactive ketones (excluding diaryl/α,β-unsaturated/α-hetero) is 1. The first kappa shape index (κ1) is 17.0. The highest BCUT2D eigenvalue weighted by molar-refractivity contribution is 6.11. The number of ketones is 1. The van der Waals surface area contributed by atoms with E-state index in [1.807, 2.05) is 27.2 Å². The summed E-state index contributed by atoms with van der Waals surface area (Å²) in [5.41, 5.74) is 2.21. The maximum absolute atomic E-state index is 14.5. The van der Waals surface area contributed by atoms with Gasteiger partial charge in [0, 0.05) is 24.0 Å². The van der Waals surface area contributed by atoms with Crippen LogP contribution in [0.4, 0.5) is 4.39 Å². The lowest BCUT2D eigenvalue weighted by Crippen LogP contribution is -2.20. The Morgan fingerprint density at radius 3 is 2.62 bits per heavy atom. The number of halogens is 1. The Bertz CT molecular complexity index is 872. The minimum atomic E-state index is -0.332. The van der Waals surface area contributed by atoms with Gasteiger partial charge in [-0.15, -0.1) is 0 Å². The van der Waals surface area contributed by atoms with Crippen LogP contribution >= 0.6 is 0 Å². The first-order valence-electron chi connectivity index (χ1n) is 8.89. The van der Waals surface area contributed by atoms with Crippen molar-refractivity contribution in [1.82, 2.24) is 4.57 Å². The van der Waals surface area contributed by atoms with Crippen molar-refractivity contribution in [1.29, 1.82) is 0 Å². The lowest BCUT2D eigenvalue weighted by Gasteiger charge is -2.17. The molecule has 1 aromatic carbocycles. The number of fused-ring (bicyclic) bond motifs is 1. The second kappa shape index (κ2) is 6.58. The van der Waals surface area contributed by atoms with E-state index < -0.39 is 0 Å². The molecule has 3 nitrogen and oxygen atoms in total. The molecular weight excluding hydrogens is 303 g/mol. The van der Waals surface area contributed by atoms with Crippen LogP contribution in [0.15, 0.2) is 17.1 Å². The van der Waals surface area contributed by atoms with Crippen LogP contribution < -0.4 is 5.43 Å². The Morgan fingerprint density at radius 2 is 2.04 bits per heavy atom. The largest absolute Gasteiger partial charge is 0.343 e. The first-order valence-corrected chi connectivity index (χ1v) is 8.89. The van der Waals surface area contributed by atoms with Crippen molar-refractivity contribution in [2.24, 2.45) is 0 Å². The highest BCUT2D eigenvalue weighted by atomic mass is 19.1. The molecule has 1 fully saturated rings. The van der Waals surface area contributed by atoms with Gasteiger partial charge in [-0.1, -0.05) is 12.6 Å². The van der Waals surface area contributed by atoms with E-state index in [9.17, 15) is 14.0 Å². The van der Waals surface area contributed by atoms with Gasteiger partial charge in [-0.25, -0.2) is 4.39 Å². The molecule has 1 aromatic heterocycles. The second-order valence-corrected chi connectivity index (χ2v) is 6.79. The zero-order valence-corrected chi connectivity index (χ0v) is 14.6. The van der Waals surface area contributed by atoms with E-state index in [1.54, 1.807) is 6.20 Å². The van der Waals surface area contributed by atoms with Gasteiger partial charge >= 0.3 is 0 Å². The van der Waals surface area contributed by atoms with Crippen molar-refractivity contribution in [3.63, 3.8) is 0 Å². The molecule has 0 unspecified atom stereocenters. The highest BCUT2D eigenvalue weighted by Crippen LogP contribution is 2.38. The zero-order chi connectivity index (χ0) is 17.4. The SMILES string of the molecule is BCCC(=O)c1cn(C2CC2)c2c(C)c(CCB)c(F)cc2c1=O. The smallest absolute Gasteiger partial charge is 0.200 e. The summed E-state index contributed by atoms with van der Waals surface area (Å²) in [4.78, 5) is 25.1. The third-order valence-corrected chi connectivity index (χ3v) is 4.86. The second-order valence-electron chi connectivity index (χ2n) is 6.79. The molecule has 0 spiro atoms. The molecule has 1 aliphatic rings. The van der Waals surface area contributed by atoms with Gasteiger partial charge in [-0.2, -0.15) is 0 Å². The molecule has 0 bridgehead atoms. The van der Waals surface area contributed by atoms with Gasteiger partial charge in [-0.3, -0.25) is 9.59 Å². The Kier molecular flexibility index (Phi) is 4.66. The van der Waals surface area contributed by atoms with Gasteiger partial charge in [0.2, 0.25) is 0 Å². The van der Waals surface area contributed by atoms with Crippen LogP contribution in [0.1, 0.15) is 46.8 Å². The van der Waals surface area contributed by atoms with E-state index in [2.05, 4.69) is 0 Å². The third-order valence-electron chi connectivity index (χ3n) is 4.86. The van der Waals surface area contributed by atoms with Gasteiger partial charge in [0.15, 0.2) is 11.2 Å². The van der Waals surface area contributed by atoms with Gasteiger partial charge in [0.25, 0.3) is 0 Å². The molecule has 6 heteroatoms. The maximum Gasteiger partial charge on any atom is 0.200 e. The molecule has 1 aliphatic carbocycles. The normalized spacial score (nSPS) is 14.2. The summed E-state index contributed by atoms with van der Waals surface area (Å²) in [6.07, 6.45) is 6.36. The number of hydrogen-bond acceptors (Lipinski definition) is 2. The predicted octanol–water partition coefficient (Wildman–Crippen LogP) is 2.00. The molecule has 124 valence electrons. The molecule has 0 aliphatic heterocycles. The average Bonchev–Trinajstić information content (AvgIpc) is 3.37. The van der Waals surface area contributed by atoms with Crippen LogP contribution in [0.5, 0.6) is 0 Å². The summed E-state index contributed by atoms with van der Waals surface area (Å²) < 4.78 is 16.6. The highest BCUT2D eigenvalue weighted by Gasteiger charge is 2.28. The average molecular weight is 325 g/mol. The Morgan fingerprint density at radius 1 is 1.33 bits per heavy atom. The monoisotopic (exact) mass is 325 g/mol. The summed E-state index contributed by atoms with van der Waals surface area (Å²) in [6.45, 7) is 1.89. The zero-order valence-electron chi connectivity index (χ0n) is 14.6. The molecule has 3 rings (SSSR count). The molecule has 24 heavy (non-hydrogen) atoms. The van der Waals surface area contributed by atoms with E-state index in [-0.39, 0.29) is 22.6 Å². The number of aromatic nitrogens is 1. The number of nitrogens with zero attached hydrogens (tertiary/aromatic N) is 1. The summed E-state index contributed by atoms with van der Waals surface area (Å²) in [5.74, 6) is -0.476. The van der Waals surface area contributed by atoms with E-state index in [4.69, 9.17) is 0 Å². The molecular formula is C18H22B2FNO2. The molecule has 2 aromatic rings. The van der Waals surface area contributed by atoms with Crippen LogP contribution in [0, 0.1) is 12.7 Å². The standard InChI is InChI=1S/C18H22B2FNO2/c1-10-12(4-6-19)15(21)8-13-17(10)22(11-2-3-11)9-14(18(13)24)16(23)5-7-20/h8-9,11H,2-7,19-20H2,1H3. The minimum Gasteiger partial charge on any atom is -0.343 e. The minimum absolute atomic E-state index is 0.144. The number of hydrogen-bond donors (Lipinski definition) is 0. The number of carbonyl (C=O) groups excluding carboxylic acids is 1. The van der Waals surface area contributed by atoms with E-state index in [0.29, 0.717) is 36.2 Å². The first-order chi connectivity index (χ1) is 11.5. The van der Waals surface area contributed by atoms with Crippen molar-refractivity contribution in [3.8, 4) is 0 Å². The van der Waals surface area contributed by atoms with E-state index in [0.717, 1.165) is 30.2 Å².